The van der Waals surface area contributed by atoms with E-state index in [1.54, 1.807) is 12.1 Å². The maximum absolute atomic E-state index is 12.1. The molecule has 4 nitrogen and oxygen atoms in total. The third-order valence-electron chi connectivity index (χ3n) is 2.39. The molecular formula is C13H6BrCl2N3O. The van der Waals surface area contributed by atoms with Gasteiger partial charge in [0, 0.05) is 10.7 Å². The first kappa shape index (κ1) is 14.8. The molecule has 0 aliphatic rings. The number of carbonyl (C=O) groups is 1. The van der Waals surface area contributed by atoms with Crippen LogP contribution in [0.5, 0.6) is 0 Å². The van der Waals surface area contributed by atoms with Crippen molar-refractivity contribution < 1.29 is 4.79 Å². The number of amides is 1. The van der Waals surface area contributed by atoms with E-state index in [-0.39, 0.29) is 10.7 Å². The van der Waals surface area contributed by atoms with Crippen molar-refractivity contribution in [3.8, 4) is 6.07 Å². The lowest BCUT2D eigenvalue weighted by molar-refractivity contribution is 0.102. The van der Waals surface area contributed by atoms with Gasteiger partial charge in [-0.25, -0.2) is 4.98 Å². The van der Waals surface area contributed by atoms with E-state index in [9.17, 15) is 4.79 Å². The van der Waals surface area contributed by atoms with E-state index < -0.39 is 5.91 Å². The van der Waals surface area contributed by atoms with Crippen molar-refractivity contribution in [3.05, 3.63) is 56.2 Å². The molecule has 0 aliphatic heterocycles. The fourth-order valence-electron chi connectivity index (χ4n) is 1.46. The Morgan fingerprint density at radius 2 is 2.10 bits per heavy atom. The molecule has 1 aromatic carbocycles. The van der Waals surface area contributed by atoms with Crippen LogP contribution in [0.4, 0.5) is 5.69 Å². The summed E-state index contributed by atoms with van der Waals surface area (Å²) in [4.78, 5) is 16.0. The molecule has 0 radical (unpaired) electrons. The highest BCUT2D eigenvalue weighted by Crippen LogP contribution is 2.25. The molecule has 0 fully saturated rings. The minimum atomic E-state index is -0.458. The second-order valence-corrected chi connectivity index (χ2v) is 5.43. The Balaban J connectivity index is 2.33. The number of nitrogens with zero attached hydrogens (tertiary/aromatic N) is 2. The first-order valence-electron chi connectivity index (χ1n) is 5.33. The molecule has 100 valence electrons. The predicted molar refractivity (Wildman–Crippen MR) is 81.1 cm³/mol. The molecule has 0 spiro atoms. The molecule has 1 N–H and O–H groups in total. The van der Waals surface area contributed by atoms with Gasteiger partial charge in [-0.2, -0.15) is 5.26 Å². The molecule has 1 heterocycles. The summed E-state index contributed by atoms with van der Waals surface area (Å²) in [6.07, 6.45) is 1.49. The van der Waals surface area contributed by atoms with Crippen LogP contribution >= 0.6 is 39.1 Å². The van der Waals surface area contributed by atoms with Crippen molar-refractivity contribution in [1.82, 2.24) is 4.98 Å². The first-order valence-corrected chi connectivity index (χ1v) is 6.88. The van der Waals surface area contributed by atoms with Gasteiger partial charge in [0.25, 0.3) is 5.91 Å². The average molecular weight is 371 g/mol. The van der Waals surface area contributed by atoms with Gasteiger partial charge in [-0.15, -0.1) is 0 Å². The molecule has 1 aromatic heterocycles. The van der Waals surface area contributed by atoms with Crippen molar-refractivity contribution >= 4 is 50.7 Å². The topological polar surface area (TPSA) is 65.8 Å². The van der Waals surface area contributed by atoms with Crippen LogP contribution < -0.4 is 5.32 Å². The largest absolute Gasteiger partial charge is 0.320 e. The van der Waals surface area contributed by atoms with E-state index in [1.807, 2.05) is 6.07 Å². The molecule has 2 rings (SSSR count). The van der Waals surface area contributed by atoms with Crippen LogP contribution in [0.25, 0.3) is 0 Å². The van der Waals surface area contributed by atoms with Crippen LogP contribution in [-0.4, -0.2) is 10.9 Å². The molecule has 7 heteroatoms. The van der Waals surface area contributed by atoms with Crippen LogP contribution in [-0.2, 0) is 0 Å². The summed E-state index contributed by atoms with van der Waals surface area (Å²) < 4.78 is 0.629. The van der Waals surface area contributed by atoms with Crippen molar-refractivity contribution in [2.75, 3.05) is 5.32 Å². The number of pyridine rings is 1. The minimum Gasteiger partial charge on any atom is -0.320 e. The number of hydrogen-bond donors (Lipinski definition) is 1. The second kappa shape index (κ2) is 6.23. The number of halogens is 3. The van der Waals surface area contributed by atoms with Crippen molar-refractivity contribution in [2.45, 2.75) is 0 Å². The van der Waals surface area contributed by atoms with Gasteiger partial charge in [0.1, 0.15) is 5.15 Å². The number of benzene rings is 1. The molecule has 0 saturated heterocycles. The fourth-order valence-corrected chi connectivity index (χ4v) is 2.15. The maximum Gasteiger partial charge on any atom is 0.258 e. The number of rotatable bonds is 2. The molecule has 0 unspecified atom stereocenters. The number of hydrogen-bond acceptors (Lipinski definition) is 3. The van der Waals surface area contributed by atoms with Crippen LogP contribution in [0.1, 0.15) is 15.9 Å². The lowest BCUT2D eigenvalue weighted by atomic mass is 10.2. The smallest absolute Gasteiger partial charge is 0.258 e. The number of anilines is 1. The second-order valence-electron chi connectivity index (χ2n) is 3.75. The van der Waals surface area contributed by atoms with Crippen molar-refractivity contribution in [2.24, 2.45) is 0 Å². The molecule has 0 aliphatic carbocycles. The third-order valence-corrected chi connectivity index (χ3v) is 3.46. The highest BCUT2D eigenvalue weighted by molar-refractivity contribution is 9.10. The predicted octanol–water partition coefficient (Wildman–Crippen LogP) is 4.27. The molecule has 2 aromatic rings. The molecule has 0 atom stereocenters. The zero-order chi connectivity index (χ0) is 14.7. The van der Waals surface area contributed by atoms with Crippen LogP contribution in [0.3, 0.4) is 0 Å². The summed E-state index contributed by atoms with van der Waals surface area (Å²) >= 11 is 15.1. The zero-order valence-electron chi connectivity index (χ0n) is 9.82. The van der Waals surface area contributed by atoms with Crippen LogP contribution in [0.15, 0.2) is 34.9 Å². The highest BCUT2D eigenvalue weighted by Gasteiger charge is 2.14. The van der Waals surface area contributed by atoms with Gasteiger partial charge in [0.15, 0.2) is 0 Å². The van der Waals surface area contributed by atoms with Gasteiger partial charge >= 0.3 is 0 Å². The van der Waals surface area contributed by atoms with E-state index >= 15 is 0 Å². The van der Waals surface area contributed by atoms with Gasteiger partial charge in [0.05, 0.1) is 27.9 Å². The highest BCUT2D eigenvalue weighted by atomic mass is 79.9. The molecular weight excluding hydrogens is 365 g/mol. The van der Waals surface area contributed by atoms with E-state index in [4.69, 9.17) is 28.5 Å². The first-order chi connectivity index (χ1) is 9.51. The summed E-state index contributed by atoms with van der Waals surface area (Å²) in [6, 6.07) is 8.11. The summed E-state index contributed by atoms with van der Waals surface area (Å²) in [7, 11) is 0. The third kappa shape index (κ3) is 3.28. The average Bonchev–Trinajstić information content (AvgIpc) is 2.43. The van der Waals surface area contributed by atoms with Gasteiger partial charge in [-0.1, -0.05) is 23.2 Å². The Kier molecular flexibility index (Phi) is 4.61. The van der Waals surface area contributed by atoms with E-state index in [0.717, 1.165) is 0 Å². The lowest BCUT2D eigenvalue weighted by Crippen LogP contribution is -2.13. The number of carbonyl (C=O) groups excluding carboxylic acids is 1. The van der Waals surface area contributed by atoms with Gasteiger partial charge in [-0.05, 0) is 40.2 Å². The molecule has 20 heavy (non-hydrogen) atoms. The zero-order valence-corrected chi connectivity index (χ0v) is 12.9. The number of nitrogens with one attached hydrogen (secondary N) is 1. The summed E-state index contributed by atoms with van der Waals surface area (Å²) in [5.74, 6) is -0.458. The van der Waals surface area contributed by atoms with E-state index in [0.29, 0.717) is 20.7 Å². The molecule has 1 amide bonds. The van der Waals surface area contributed by atoms with Crippen LogP contribution in [0, 0.1) is 11.3 Å². The quantitative estimate of drug-likeness (QED) is 0.802. The maximum atomic E-state index is 12.1. The SMILES string of the molecule is N#Cc1ccc(Cl)c(NC(=O)c2cc(Br)cnc2Cl)c1. The lowest BCUT2D eigenvalue weighted by Gasteiger charge is -2.08. The van der Waals surface area contributed by atoms with Crippen molar-refractivity contribution in [1.29, 1.82) is 5.26 Å². The Labute approximate surface area is 133 Å². The fraction of sp³-hybridized carbons (Fsp3) is 0. The summed E-state index contributed by atoms with van der Waals surface area (Å²) in [5, 5.41) is 11.9. The standard InChI is InChI=1S/C13H6BrCl2N3O/c14-8-4-9(12(16)18-6-8)13(20)19-11-3-7(5-17)1-2-10(11)15/h1-4,6H,(H,19,20). The monoisotopic (exact) mass is 369 g/mol. The summed E-state index contributed by atoms with van der Waals surface area (Å²) in [5.41, 5.74) is 0.939. The Morgan fingerprint density at radius 3 is 2.80 bits per heavy atom. The van der Waals surface area contributed by atoms with Crippen molar-refractivity contribution in [3.63, 3.8) is 0 Å². The minimum absolute atomic E-state index is 0.0817. The number of aromatic nitrogens is 1. The normalized spacial score (nSPS) is 9.90. The molecule has 0 saturated carbocycles. The van der Waals surface area contributed by atoms with E-state index in [2.05, 4.69) is 26.2 Å². The van der Waals surface area contributed by atoms with Gasteiger partial charge in [0.2, 0.25) is 0 Å². The Bertz CT molecular complexity index is 728. The molecule has 0 bridgehead atoms. The Hall–Kier alpha value is -1.61. The summed E-state index contributed by atoms with van der Waals surface area (Å²) in [6.45, 7) is 0. The van der Waals surface area contributed by atoms with Gasteiger partial charge in [-0.3, -0.25) is 4.79 Å². The van der Waals surface area contributed by atoms with Crippen LogP contribution in [0.2, 0.25) is 10.2 Å². The van der Waals surface area contributed by atoms with E-state index in [1.165, 1.54) is 18.3 Å². The number of nitriles is 1. The Morgan fingerprint density at radius 1 is 1.35 bits per heavy atom. The van der Waals surface area contributed by atoms with Gasteiger partial charge < -0.3 is 5.32 Å².